The zero-order valence-corrected chi connectivity index (χ0v) is 12.6. The fourth-order valence-corrected chi connectivity index (χ4v) is 8.91. The number of alkyl halides is 1. The predicted molar refractivity (Wildman–Crippen MR) is 73.3 cm³/mol. The van der Waals surface area contributed by atoms with E-state index in [4.69, 9.17) is 0 Å². The van der Waals surface area contributed by atoms with Crippen molar-refractivity contribution in [2.24, 2.45) is 0 Å². The number of unbranched alkanes of at least 4 members (excludes halogenated alkanes) is 1. The molecule has 0 saturated carbocycles. The van der Waals surface area contributed by atoms with Crippen LogP contribution in [0.5, 0.6) is 0 Å². The summed E-state index contributed by atoms with van der Waals surface area (Å²) >= 11 is 7.65. The van der Waals surface area contributed by atoms with Gasteiger partial charge in [-0.15, -0.1) is 0 Å². The Morgan fingerprint density at radius 1 is 1.08 bits per heavy atom. The summed E-state index contributed by atoms with van der Waals surface area (Å²) in [6.07, 6.45) is 11.6. The maximum atomic E-state index is 4.15. The average molecular weight is 332 g/mol. The van der Waals surface area contributed by atoms with Crippen LogP contribution in [-0.2, 0) is 0 Å². The van der Waals surface area contributed by atoms with Crippen LogP contribution in [0.4, 0.5) is 0 Å². The number of hydrogen-bond acceptors (Lipinski definition) is 0. The van der Waals surface area contributed by atoms with Crippen molar-refractivity contribution in [2.45, 2.75) is 32.1 Å². The van der Waals surface area contributed by atoms with E-state index in [1.54, 1.807) is 0 Å². The normalized spacial score (nSPS) is 29.0. The molecule has 0 aromatic heterocycles. The second kappa shape index (κ2) is 4.94. The van der Waals surface area contributed by atoms with Crippen molar-refractivity contribution in [3.8, 4) is 0 Å². The molecule has 0 radical (unpaired) electrons. The van der Waals surface area contributed by atoms with Gasteiger partial charge in [0.1, 0.15) is 0 Å². The van der Waals surface area contributed by atoms with Crippen molar-refractivity contribution >= 4 is 36.7 Å². The Labute approximate surface area is 99.0 Å². The molecule has 0 nitrogen and oxygen atoms in total. The molecule has 1 aliphatic heterocycles. The molecule has 0 bridgehead atoms. The molecular weight excluding hydrogens is 311 g/mol. The first-order valence-corrected chi connectivity index (χ1v) is 11.7. The molecule has 13 heavy (non-hydrogen) atoms. The molecule has 0 N–H and O–H groups in total. The van der Waals surface area contributed by atoms with Gasteiger partial charge in [0.15, 0.2) is 0 Å². The van der Waals surface area contributed by atoms with Gasteiger partial charge in [0, 0.05) is 0 Å². The molecule has 0 aliphatic carbocycles. The van der Waals surface area contributed by atoms with E-state index in [1.807, 2.05) is 0 Å². The van der Waals surface area contributed by atoms with Gasteiger partial charge < -0.3 is 0 Å². The topological polar surface area (TPSA) is 0 Å². The van der Waals surface area contributed by atoms with Crippen molar-refractivity contribution in [2.75, 3.05) is 30.5 Å². The molecule has 1 heterocycles. The van der Waals surface area contributed by atoms with E-state index in [1.165, 1.54) is 55.9 Å². The van der Waals surface area contributed by atoms with Crippen LogP contribution in [0.1, 0.15) is 32.1 Å². The summed E-state index contributed by atoms with van der Waals surface area (Å²) in [5.41, 5.74) is 0. The van der Waals surface area contributed by atoms with Crippen molar-refractivity contribution in [3.63, 3.8) is 0 Å². The zero-order chi connectivity index (χ0) is 9.81. The summed E-state index contributed by atoms with van der Waals surface area (Å²) in [7, 11) is 0. The third-order valence-electron chi connectivity index (χ3n) is 3.23. The Balaban J connectivity index is 2.40. The maximum absolute atomic E-state index is 4.15. The average Bonchev–Trinajstić information content (AvgIpc) is 2.04. The molecule has 80 valence electrons. The second-order valence-electron chi connectivity index (χ2n) is 4.77. The third-order valence-corrected chi connectivity index (χ3v) is 11.7. The van der Waals surface area contributed by atoms with Crippen LogP contribution in [0, 0.1) is 0 Å². The molecule has 0 atom stereocenters. The molecule has 1 aliphatic rings. The summed E-state index contributed by atoms with van der Waals surface area (Å²) in [6.45, 7) is 2.55. The number of halogens is 2. The van der Waals surface area contributed by atoms with E-state index < -0.39 is 5.31 Å². The Kier molecular flexibility index (Phi) is 4.74. The molecule has 1 rings (SSSR count). The van der Waals surface area contributed by atoms with Crippen LogP contribution in [0.25, 0.3) is 0 Å². The van der Waals surface area contributed by atoms with E-state index in [9.17, 15) is 0 Å². The predicted octanol–water partition coefficient (Wildman–Crippen LogP) is 4.84. The summed E-state index contributed by atoms with van der Waals surface area (Å²) in [5.74, 6) is 0. The van der Waals surface area contributed by atoms with Gasteiger partial charge in [-0.25, -0.2) is 0 Å². The van der Waals surface area contributed by atoms with Crippen LogP contribution in [0.3, 0.4) is 0 Å². The van der Waals surface area contributed by atoms with Crippen LogP contribution >= 0.6 is 36.7 Å². The minimum atomic E-state index is -1.35. The summed E-state index contributed by atoms with van der Waals surface area (Å²) in [5, 5.41) is -0.174. The van der Waals surface area contributed by atoms with Crippen molar-refractivity contribution in [1.82, 2.24) is 0 Å². The standard InChI is InChI=1S/C10H21Br2P/c1-13(12,10-6-3-7-11)8-4-2-5-9-13/h2-10H2,1H3. The fraction of sp³-hybridized carbons (Fsp3) is 1.00. The number of rotatable bonds is 4. The quantitative estimate of drug-likeness (QED) is 0.393. The van der Waals surface area contributed by atoms with Crippen LogP contribution in [0.15, 0.2) is 0 Å². The molecule has 0 spiro atoms. The Morgan fingerprint density at radius 3 is 2.23 bits per heavy atom. The van der Waals surface area contributed by atoms with E-state index in [2.05, 4.69) is 38.1 Å². The first-order chi connectivity index (χ1) is 6.05. The van der Waals surface area contributed by atoms with Gasteiger partial charge >= 0.3 is 99.3 Å². The van der Waals surface area contributed by atoms with Crippen LogP contribution in [-0.4, -0.2) is 30.5 Å². The Hall–Kier alpha value is 1.39. The molecule has 1 fully saturated rings. The van der Waals surface area contributed by atoms with Gasteiger partial charge in [-0.1, -0.05) is 0 Å². The van der Waals surface area contributed by atoms with Crippen LogP contribution < -0.4 is 0 Å². The SMILES string of the molecule is CP1(Br)(CCCCBr)CCCCC1. The van der Waals surface area contributed by atoms with Gasteiger partial charge in [0.2, 0.25) is 0 Å². The van der Waals surface area contributed by atoms with Crippen LogP contribution in [0.2, 0.25) is 0 Å². The monoisotopic (exact) mass is 330 g/mol. The Morgan fingerprint density at radius 2 is 1.69 bits per heavy atom. The van der Waals surface area contributed by atoms with Crippen molar-refractivity contribution in [3.05, 3.63) is 0 Å². The van der Waals surface area contributed by atoms with Gasteiger partial charge in [0.05, 0.1) is 0 Å². The minimum absolute atomic E-state index is 1.17. The van der Waals surface area contributed by atoms with Crippen molar-refractivity contribution < 1.29 is 0 Å². The third kappa shape index (κ3) is 4.18. The first kappa shape index (κ1) is 12.5. The molecular formula is C10H21Br2P. The van der Waals surface area contributed by atoms with E-state index in [-0.39, 0.29) is 0 Å². The van der Waals surface area contributed by atoms with Gasteiger partial charge in [-0.05, 0) is 0 Å². The van der Waals surface area contributed by atoms with Gasteiger partial charge in [0.25, 0.3) is 0 Å². The van der Waals surface area contributed by atoms with E-state index >= 15 is 0 Å². The number of hydrogen-bond donors (Lipinski definition) is 0. The molecule has 3 heteroatoms. The molecule has 0 unspecified atom stereocenters. The summed E-state index contributed by atoms with van der Waals surface area (Å²) in [6, 6.07) is 0. The second-order valence-corrected chi connectivity index (χ2v) is 17.8. The van der Waals surface area contributed by atoms with Gasteiger partial charge in [-0.3, -0.25) is 0 Å². The summed E-state index contributed by atoms with van der Waals surface area (Å²) < 4.78 is 0. The Bertz CT molecular complexity index is 158. The van der Waals surface area contributed by atoms with E-state index in [0.717, 1.165) is 0 Å². The molecule has 1 saturated heterocycles. The first-order valence-electron chi connectivity index (χ1n) is 5.33. The van der Waals surface area contributed by atoms with Crippen molar-refractivity contribution in [1.29, 1.82) is 0 Å². The summed E-state index contributed by atoms with van der Waals surface area (Å²) in [4.78, 5) is 0. The fourth-order valence-electron chi connectivity index (χ4n) is 2.27. The molecule has 0 aromatic carbocycles. The molecule has 0 amide bonds. The van der Waals surface area contributed by atoms with E-state index in [0.29, 0.717) is 0 Å². The van der Waals surface area contributed by atoms with Gasteiger partial charge in [-0.2, -0.15) is 0 Å². The zero-order valence-electron chi connectivity index (χ0n) is 8.57. The molecule has 0 aromatic rings.